The highest BCUT2D eigenvalue weighted by Crippen LogP contribution is 2.35. The van der Waals surface area contributed by atoms with Crippen LogP contribution in [-0.2, 0) is 19.3 Å². The van der Waals surface area contributed by atoms with Crippen molar-refractivity contribution in [3.05, 3.63) is 207 Å². The highest BCUT2D eigenvalue weighted by molar-refractivity contribution is 7.99. The van der Waals surface area contributed by atoms with E-state index in [-0.39, 0.29) is 11.6 Å². The molecule has 8 rings (SSSR count). The van der Waals surface area contributed by atoms with E-state index in [1.54, 1.807) is 11.8 Å². The monoisotopic (exact) mass is 626 g/mol. The highest BCUT2D eigenvalue weighted by Gasteiger charge is 2.25. The fraction of sp³-hybridized carbons (Fsp3) is 0.0909. The normalized spacial score (nSPS) is 12.9. The first-order valence-corrected chi connectivity index (χ1v) is 16.8. The lowest BCUT2D eigenvalue weighted by Gasteiger charge is -2.20. The first kappa shape index (κ1) is 30.4. The van der Waals surface area contributed by atoms with Crippen molar-refractivity contribution < 1.29 is 9.59 Å². The fourth-order valence-corrected chi connectivity index (χ4v) is 7.25. The number of carbonyl (C=O) groups is 2. The summed E-state index contributed by atoms with van der Waals surface area (Å²) in [5.74, 6) is 0.265. The van der Waals surface area contributed by atoms with Crippen LogP contribution in [0.3, 0.4) is 0 Å². The summed E-state index contributed by atoms with van der Waals surface area (Å²) in [7, 11) is 0. The zero-order chi connectivity index (χ0) is 32.3. The first-order chi connectivity index (χ1) is 22.9. The Labute approximate surface area is 280 Å². The van der Waals surface area contributed by atoms with Crippen LogP contribution in [0.5, 0.6) is 0 Å². The molecule has 0 unspecified atom stereocenters. The summed E-state index contributed by atoms with van der Waals surface area (Å²) in [6, 6.07) is 47.2. The summed E-state index contributed by atoms with van der Waals surface area (Å²) in [5, 5.41) is 0. The third-order valence-corrected chi connectivity index (χ3v) is 9.91. The molecule has 0 atom stereocenters. The van der Waals surface area contributed by atoms with E-state index in [2.05, 4.69) is 79.4 Å². The van der Waals surface area contributed by atoms with Crippen molar-refractivity contribution in [3.8, 4) is 0 Å². The molecule has 2 aliphatic carbocycles. The number of aryl methyl sites for hydroxylation is 3. The van der Waals surface area contributed by atoms with Gasteiger partial charge in [-0.1, -0.05) is 127 Å². The molecule has 3 heteroatoms. The molecule has 6 aromatic carbocycles. The Kier molecular flexibility index (Phi) is 8.56. The second-order valence-electron chi connectivity index (χ2n) is 12.1. The van der Waals surface area contributed by atoms with Crippen molar-refractivity contribution >= 4 is 28.9 Å². The van der Waals surface area contributed by atoms with Gasteiger partial charge in [0, 0.05) is 32.0 Å². The molecular formula is C44H34O2S. The van der Waals surface area contributed by atoms with E-state index >= 15 is 0 Å². The standard InChI is InChI=1S/C28H22OS.C16H12O/c29-28-26-9-5-4-6-22(26)14-15-23-13-10-21(19-27(23)28)18-20-11-16-25(17-12-20)30-24-7-2-1-3-8-24;1-10-7-8-13-11(2)12-5-3-4-6-14(12)16(17)15(13)9-10/h1-13,16-17,19H,14-15,18H2;3-9H,2H2,1H3. The highest BCUT2D eigenvalue weighted by atomic mass is 32.2. The second-order valence-corrected chi connectivity index (χ2v) is 13.3. The Morgan fingerprint density at radius 3 is 1.85 bits per heavy atom. The van der Waals surface area contributed by atoms with Gasteiger partial charge in [-0.25, -0.2) is 0 Å². The minimum atomic E-state index is 0.103. The summed E-state index contributed by atoms with van der Waals surface area (Å²) >= 11 is 1.77. The van der Waals surface area contributed by atoms with Crippen molar-refractivity contribution in [2.75, 3.05) is 0 Å². The molecule has 0 saturated carbocycles. The van der Waals surface area contributed by atoms with Gasteiger partial charge in [-0.15, -0.1) is 0 Å². The van der Waals surface area contributed by atoms with Gasteiger partial charge >= 0.3 is 0 Å². The Balaban J connectivity index is 0.000000174. The van der Waals surface area contributed by atoms with Crippen LogP contribution < -0.4 is 0 Å². The topological polar surface area (TPSA) is 34.1 Å². The number of carbonyl (C=O) groups excluding carboxylic acids is 2. The Morgan fingerprint density at radius 2 is 1.09 bits per heavy atom. The van der Waals surface area contributed by atoms with E-state index in [4.69, 9.17) is 0 Å². The molecular weight excluding hydrogens is 593 g/mol. The molecule has 0 spiro atoms. The average Bonchev–Trinajstić information content (AvgIpc) is 3.25. The minimum absolute atomic E-state index is 0.103. The van der Waals surface area contributed by atoms with Crippen LogP contribution in [0.1, 0.15) is 70.8 Å². The minimum Gasteiger partial charge on any atom is -0.289 e. The predicted octanol–water partition coefficient (Wildman–Crippen LogP) is 10.4. The average molecular weight is 627 g/mol. The van der Waals surface area contributed by atoms with Crippen LogP contribution >= 0.6 is 11.8 Å². The molecule has 0 aromatic heterocycles. The van der Waals surface area contributed by atoms with Crippen LogP contribution in [0.2, 0.25) is 0 Å². The molecule has 2 nitrogen and oxygen atoms in total. The van der Waals surface area contributed by atoms with Gasteiger partial charge in [-0.2, -0.15) is 0 Å². The van der Waals surface area contributed by atoms with Gasteiger partial charge in [0.2, 0.25) is 0 Å². The first-order valence-electron chi connectivity index (χ1n) is 15.9. The molecule has 228 valence electrons. The van der Waals surface area contributed by atoms with Crippen molar-refractivity contribution in [1.82, 2.24) is 0 Å². The van der Waals surface area contributed by atoms with Crippen molar-refractivity contribution in [1.29, 1.82) is 0 Å². The van der Waals surface area contributed by atoms with Crippen LogP contribution in [0.4, 0.5) is 0 Å². The summed E-state index contributed by atoms with van der Waals surface area (Å²) < 4.78 is 0. The maximum absolute atomic E-state index is 13.1. The molecule has 6 aromatic rings. The van der Waals surface area contributed by atoms with Gasteiger partial charge < -0.3 is 0 Å². The molecule has 0 fully saturated rings. The van der Waals surface area contributed by atoms with E-state index in [0.29, 0.717) is 0 Å². The predicted molar refractivity (Wildman–Crippen MR) is 193 cm³/mol. The van der Waals surface area contributed by atoms with Crippen molar-refractivity contribution in [2.45, 2.75) is 36.0 Å². The molecule has 0 saturated heterocycles. The smallest absolute Gasteiger partial charge is 0.194 e. The Morgan fingerprint density at radius 1 is 0.511 bits per heavy atom. The largest absolute Gasteiger partial charge is 0.289 e. The molecule has 2 aliphatic rings. The van der Waals surface area contributed by atoms with Gasteiger partial charge in [0.1, 0.15) is 0 Å². The van der Waals surface area contributed by atoms with Crippen LogP contribution in [0.15, 0.2) is 156 Å². The lowest BCUT2D eigenvalue weighted by atomic mass is 9.81. The van der Waals surface area contributed by atoms with E-state index in [1.165, 1.54) is 20.9 Å². The quantitative estimate of drug-likeness (QED) is 0.195. The van der Waals surface area contributed by atoms with E-state index < -0.39 is 0 Å². The number of hydrogen-bond donors (Lipinski definition) is 0. The molecule has 0 N–H and O–H groups in total. The summed E-state index contributed by atoms with van der Waals surface area (Å²) in [6.45, 7) is 6.11. The third kappa shape index (κ3) is 6.40. The zero-order valence-electron chi connectivity index (χ0n) is 26.3. The zero-order valence-corrected chi connectivity index (χ0v) is 27.1. The number of ketones is 2. The Hall–Kier alpha value is -5.25. The third-order valence-electron chi connectivity index (χ3n) is 8.90. The molecule has 0 amide bonds. The number of benzene rings is 6. The van der Waals surface area contributed by atoms with Crippen LogP contribution in [-0.4, -0.2) is 11.6 Å². The van der Waals surface area contributed by atoms with Crippen molar-refractivity contribution in [3.63, 3.8) is 0 Å². The molecule has 0 aliphatic heterocycles. The SMILES string of the molecule is C=C1c2ccccc2C(=O)c2cc(C)ccc21.O=C1c2ccccc2CCc2ccc(Cc3ccc(Sc4ccccc4)cc3)cc21. The summed E-state index contributed by atoms with van der Waals surface area (Å²) in [4.78, 5) is 28.0. The molecule has 0 heterocycles. The fourth-order valence-electron chi connectivity index (χ4n) is 6.42. The van der Waals surface area contributed by atoms with Crippen LogP contribution in [0, 0.1) is 6.92 Å². The second kappa shape index (κ2) is 13.2. The van der Waals surface area contributed by atoms with Gasteiger partial charge in [0.05, 0.1) is 0 Å². The van der Waals surface area contributed by atoms with Gasteiger partial charge in [-0.05, 0) is 102 Å². The number of fused-ring (bicyclic) bond motifs is 4. The summed E-state index contributed by atoms with van der Waals surface area (Å²) in [5.41, 5.74) is 12.0. The lowest BCUT2D eigenvalue weighted by Crippen LogP contribution is -2.13. The lowest BCUT2D eigenvalue weighted by molar-refractivity contribution is 0.103. The van der Waals surface area contributed by atoms with Crippen LogP contribution in [0.25, 0.3) is 5.57 Å². The number of hydrogen-bond acceptors (Lipinski definition) is 3. The molecule has 47 heavy (non-hydrogen) atoms. The number of rotatable bonds is 4. The van der Waals surface area contributed by atoms with Crippen molar-refractivity contribution in [2.24, 2.45) is 0 Å². The van der Waals surface area contributed by atoms with Gasteiger partial charge in [0.15, 0.2) is 11.6 Å². The van der Waals surface area contributed by atoms with E-state index in [9.17, 15) is 9.59 Å². The van der Waals surface area contributed by atoms with E-state index in [0.717, 1.165) is 74.9 Å². The van der Waals surface area contributed by atoms with E-state index in [1.807, 2.05) is 73.7 Å². The summed E-state index contributed by atoms with van der Waals surface area (Å²) in [6.07, 6.45) is 2.68. The van der Waals surface area contributed by atoms with Gasteiger partial charge in [-0.3, -0.25) is 9.59 Å². The van der Waals surface area contributed by atoms with Gasteiger partial charge in [0.25, 0.3) is 0 Å². The maximum Gasteiger partial charge on any atom is 0.194 e. The maximum atomic E-state index is 13.1. The molecule has 0 bridgehead atoms. The Bertz CT molecular complexity index is 2140. The molecule has 0 radical (unpaired) electrons.